The van der Waals surface area contributed by atoms with E-state index >= 15 is 0 Å². The van der Waals surface area contributed by atoms with Crippen molar-refractivity contribution in [3.8, 4) is 17.6 Å². The summed E-state index contributed by atoms with van der Waals surface area (Å²) in [6.07, 6.45) is 2.72. The summed E-state index contributed by atoms with van der Waals surface area (Å²) in [7, 11) is 1.88. The van der Waals surface area contributed by atoms with Gasteiger partial charge >= 0.3 is 0 Å². The molecule has 0 amide bonds. The Hall–Kier alpha value is -2.74. The lowest BCUT2D eigenvalue weighted by Gasteiger charge is -2.16. The van der Waals surface area contributed by atoms with Crippen LogP contribution in [0.25, 0.3) is 0 Å². The minimum Gasteiger partial charge on any atom is -0.453 e. The molecule has 0 fully saturated rings. The third-order valence-electron chi connectivity index (χ3n) is 3.79. The van der Waals surface area contributed by atoms with Gasteiger partial charge in [0.25, 0.3) is 0 Å². The fraction of sp³-hybridized carbons (Fsp3) is 0.211. The number of aliphatic imine (C=N–C) groups is 1. The number of benzene rings is 2. The highest BCUT2D eigenvalue weighted by Crippen LogP contribution is 2.36. The van der Waals surface area contributed by atoms with E-state index in [9.17, 15) is 14.4 Å². The molecule has 0 atom stereocenters. The lowest BCUT2D eigenvalue weighted by Crippen LogP contribution is -2.11. The molecule has 7 nitrogen and oxygen atoms in total. The van der Waals surface area contributed by atoms with Crippen LogP contribution in [-0.2, 0) is 0 Å². The third kappa shape index (κ3) is 5.63. The summed E-state index contributed by atoms with van der Waals surface area (Å²) in [5.74, 6) is -0.720. The van der Waals surface area contributed by atoms with Crippen LogP contribution in [0.3, 0.4) is 0 Å². The predicted octanol–water partition coefficient (Wildman–Crippen LogP) is 4.54. The summed E-state index contributed by atoms with van der Waals surface area (Å²) in [4.78, 5) is 16.1. The second-order valence-corrected chi connectivity index (χ2v) is 7.39. The number of nitrogens with two attached hydrogens (primary N) is 1. The van der Waals surface area contributed by atoms with Gasteiger partial charge < -0.3 is 15.2 Å². The van der Waals surface area contributed by atoms with Crippen molar-refractivity contribution in [2.45, 2.75) is 6.92 Å². The maximum atomic E-state index is 14.5. The van der Waals surface area contributed by atoms with Crippen LogP contribution < -0.4 is 15.2 Å². The van der Waals surface area contributed by atoms with Gasteiger partial charge in [0.1, 0.15) is 17.4 Å². The molecule has 29 heavy (non-hydrogen) atoms. The van der Waals surface area contributed by atoms with E-state index < -0.39 is 5.82 Å². The fourth-order valence-electron chi connectivity index (χ4n) is 2.21. The third-order valence-corrected chi connectivity index (χ3v) is 5.26. The summed E-state index contributed by atoms with van der Waals surface area (Å²) >= 11 is 2.28. The lowest BCUT2D eigenvalue weighted by atomic mass is 10.1. The Kier molecular flexibility index (Phi) is 8.33. The topological polar surface area (TPSA) is 104 Å². The quantitative estimate of drug-likeness (QED) is 0.355. The number of anilines is 1. The van der Waals surface area contributed by atoms with Crippen LogP contribution in [0.2, 0.25) is 0 Å². The van der Waals surface area contributed by atoms with Crippen molar-refractivity contribution in [3.05, 3.63) is 47.3 Å². The molecule has 3 N–H and O–H groups in total. The number of nitriles is 1. The Balaban J connectivity index is 2.43. The standard InChI is InChI=1S/C19H20FN5O2S2/c1-4-25(2)29-24-17-8-6-15(20)18(14(17)10-21)27-12-5-7-16(23-11-22)13(9-12)19(26)28-3/h5-9,11,24H,4H2,1-3H3,(H2,22,23). The summed E-state index contributed by atoms with van der Waals surface area (Å²) in [6, 6.07) is 9.18. The molecule has 0 saturated carbocycles. The number of thioether (sulfide) groups is 1. The zero-order valence-corrected chi connectivity index (χ0v) is 17.7. The summed E-state index contributed by atoms with van der Waals surface area (Å²) in [5.41, 5.74) is 6.40. The maximum Gasteiger partial charge on any atom is 0.221 e. The number of nitrogens with zero attached hydrogens (tertiary/aromatic N) is 3. The fourth-order valence-corrected chi connectivity index (χ4v) is 3.14. The highest BCUT2D eigenvalue weighted by Gasteiger charge is 2.18. The Morgan fingerprint density at radius 2 is 2.21 bits per heavy atom. The number of ether oxygens (including phenoxy) is 1. The van der Waals surface area contributed by atoms with Crippen molar-refractivity contribution >= 4 is 46.7 Å². The Bertz CT molecular complexity index is 962. The van der Waals surface area contributed by atoms with Crippen molar-refractivity contribution in [1.82, 2.24) is 4.31 Å². The average Bonchev–Trinajstić information content (AvgIpc) is 2.74. The van der Waals surface area contributed by atoms with Crippen molar-refractivity contribution in [2.24, 2.45) is 10.7 Å². The zero-order chi connectivity index (χ0) is 21.4. The largest absolute Gasteiger partial charge is 0.453 e. The minimum atomic E-state index is -0.692. The molecule has 152 valence electrons. The van der Waals surface area contributed by atoms with E-state index in [4.69, 9.17) is 10.5 Å². The molecule has 0 saturated heterocycles. The van der Waals surface area contributed by atoms with Gasteiger partial charge in [-0.2, -0.15) is 5.26 Å². The Morgan fingerprint density at radius 3 is 2.83 bits per heavy atom. The Labute approximate surface area is 177 Å². The van der Waals surface area contributed by atoms with E-state index in [1.807, 2.05) is 24.3 Å². The minimum absolute atomic E-state index is 0.0174. The van der Waals surface area contributed by atoms with E-state index in [0.717, 1.165) is 24.6 Å². The number of carbonyl (C=O) groups is 1. The van der Waals surface area contributed by atoms with Crippen LogP contribution >= 0.6 is 23.9 Å². The van der Waals surface area contributed by atoms with E-state index in [1.54, 1.807) is 12.3 Å². The normalized spacial score (nSPS) is 10.9. The van der Waals surface area contributed by atoms with E-state index in [-0.39, 0.29) is 27.7 Å². The predicted molar refractivity (Wildman–Crippen MR) is 117 cm³/mol. The molecule has 0 bridgehead atoms. The van der Waals surface area contributed by atoms with Gasteiger partial charge in [-0.15, -0.1) is 0 Å². The van der Waals surface area contributed by atoms with Gasteiger partial charge in [-0.1, -0.05) is 18.7 Å². The van der Waals surface area contributed by atoms with Crippen LogP contribution in [0.4, 0.5) is 15.8 Å². The van der Waals surface area contributed by atoms with Crippen molar-refractivity contribution in [1.29, 1.82) is 5.26 Å². The first-order valence-electron chi connectivity index (χ1n) is 8.46. The first-order chi connectivity index (χ1) is 13.9. The second-order valence-electron chi connectivity index (χ2n) is 5.60. The summed E-state index contributed by atoms with van der Waals surface area (Å²) in [5, 5.41) is 9.33. The number of nitrogens with one attached hydrogen (secondary N) is 1. The highest BCUT2D eigenvalue weighted by atomic mass is 32.2. The first kappa shape index (κ1) is 22.5. The molecule has 0 aliphatic carbocycles. The Morgan fingerprint density at radius 1 is 1.45 bits per heavy atom. The van der Waals surface area contributed by atoms with Gasteiger partial charge in [0, 0.05) is 18.7 Å². The molecule has 0 aliphatic rings. The van der Waals surface area contributed by atoms with Crippen molar-refractivity contribution in [3.63, 3.8) is 0 Å². The molecular formula is C19H20FN5O2S2. The van der Waals surface area contributed by atoms with Crippen LogP contribution in [0.15, 0.2) is 35.3 Å². The number of carbonyl (C=O) groups excluding carboxylic acids is 1. The van der Waals surface area contributed by atoms with Crippen molar-refractivity contribution in [2.75, 3.05) is 24.6 Å². The first-order valence-corrected chi connectivity index (χ1v) is 10.5. The maximum absolute atomic E-state index is 14.5. The molecule has 2 rings (SSSR count). The molecule has 0 aromatic heterocycles. The summed E-state index contributed by atoms with van der Waals surface area (Å²) in [6.45, 7) is 2.75. The summed E-state index contributed by atoms with van der Waals surface area (Å²) < 4.78 is 25.1. The van der Waals surface area contributed by atoms with Gasteiger partial charge in [-0.3, -0.25) is 4.79 Å². The van der Waals surface area contributed by atoms with Gasteiger partial charge in [0.15, 0.2) is 11.6 Å². The number of rotatable bonds is 8. The van der Waals surface area contributed by atoms with Crippen LogP contribution in [0.5, 0.6) is 11.5 Å². The lowest BCUT2D eigenvalue weighted by molar-refractivity contribution is 0.108. The van der Waals surface area contributed by atoms with Gasteiger partial charge in [-0.05, 0) is 43.6 Å². The highest BCUT2D eigenvalue weighted by molar-refractivity contribution is 8.13. The number of hydrogen-bond acceptors (Lipinski definition) is 8. The molecule has 10 heteroatoms. The molecule has 0 heterocycles. The van der Waals surface area contributed by atoms with Gasteiger partial charge in [0.05, 0.1) is 23.3 Å². The van der Waals surface area contributed by atoms with Crippen LogP contribution in [-0.4, -0.2) is 35.6 Å². The smallest absolute Gasteiger partial charge is 0.221 e. The molecule has 0 aliphatic heterocycles. The van der Waals surface area contributed by atoms with Crippen LogP contribution in [0, 0.1) is 17.1 Å². The number of halogens is 1. The molecular weight excluding hydrogens is 413 g/mol. The van der Waals surface area contributed by atoms with E-state index in [2.05, 4.69) is 9.71 Å². The second kappa shape index (κ2) is 10.7. The van der Waals surface area contributed by atoms with E-state index in [0.29, 0.717) is 11.4 Å². The monoisotopic (exact) mass is 433 g/mol. The van der Waals surface area contributed by atoms with Gasteiger partial charge in [0.2, 0.25) is 5.12 Å². The molecule has 0 unspecified atom stereocenters. The zero-order valence-electron chi connectivity index (χ0n) is 16.1. The molecule has 0 radical (unpaired) electrons. The van der Waals surface area contributed by atoms with Crippen molar-refractivity contribution < 1.29 is 13.9 Å². The SMILES string of the molecule is CCN(C)SNc1ccc(F)c(Oc2ccc(N=CN)c(C(=O)SC)c2)c1C#N. The molecule has 2 aromatic carbocycles. The molecule has 2 aromatic rings. The van der Waals surface area contributed by atoms with Crippen LogP contribution in [0.1, 0.15) is 22.8 Å². The van der Waals surface area contributed by atoms with Gasteiger partial charge in [-0.25, -0.2) is 13.7 Å². The average molecular weight is 434 g/mol. The number of hydrogen-bond donors (Lipinski definition) is 2. The molecule has 0 spiro atoms. The van der Waals surface area contributed by atoms with E-state index in [1.165, 1.54) is 36.4 Å².